The van der Waals surface area contributed by atoms with Crippen LogP contribution in [0.3, 0.4) is 0 Å². The molecular weight excluding hydrogens is 356 g/mol. The van der Waals surface area contributed by atoms with Crippen LogP contribution in [0.1, 0.15) is 24.8 Å². The minimum Gasteiger partial charge on any atom is -0.380 e. The van der Waals surface area contributed by atoms with Crippen molar-refractivity contribution >= 4 is 16.1 Å². The number of ether oxygens (including phenoxy) is 1. The highest BCUT2D eigenvalue weighted by atomic mass is 32.2. The number of hydrogen-bond acceptors (Lipinski definition) is 5. The molecule has 0 aromatic carbocycles. The van der Waals surface area contributed by atoms with Gasteiger partial charge in [-0.25, -0.2) is 0 Å². The van der Waals surface area contributed by atoms with Gasteiger partial charge in [0.05, 0.1) is 6.10 Å². The molecule has 1 saturated carbocycles. The van der Waals surface area contributed by atoms with E-state index in [4.69, 9.17) is 4.74 Å². The molecule has 26 heavy (non-hydrogen) atoms. The Balaban J connectivity index is 1.89. The van der Waals surface area contributed by atoms with E-state index < -0.39 is 16.3 Å². The molecule has 1 aliphatic rings. The Kier molecular flexibility index (Phi) is 7.51. The molecule has 9 heteroatoms. The number of amides is 1. The molecule has 2 N–H and O–H groups in total. The maximum Gasteiger partial charge on any atom is 0.279 e. The number of carbonyl (C=O) groups excluding carboxylic acids is 1. The van der Waals surface area contributed by atoms with E-state index in [-0.39, 0.29) is 17.9 Å². The number of nitrogens with one attached hydrogen (secondary N) is 2. The number of rotatable bonds is 8. The Morgan fingerprint density at radius 1 is 1.38 bits per heavy atom. The van der Waals surface area contributed by atoms with E-state index in [0.717, 1.165) is 9.87 Å². The van der Waals surface area contributed by atoms with Gasteiger partial charge in [0.25, 0.3) is 10.2 Å². The van der Waals surface area contributed by atoms with Crippen LogP contribution in [0.4, 0.5) is 0 Å². The average molecular weight is 385 g/mol. The molecule has 8 nitrogen and oxygen atoms in total. The molecule has 3 atom stereocenters. The largest absolute Gasteiger partial charge is 0.380 e. The highest BCUT2D eigenvalue weighted by Crippen LogP contribution is 2.27. The Labute approximate surface area is 155 Å². The summed E-state index contributed by atoms with van der Waals surface area (Å²) in [6.07, 6.45) is 5.71. The summed E-state index contributed by atoms with van der Waals surface area (Å²) in [6, 6.07) is 3.41. The Bertz CT molecular complexity index is 681. The van der Waals surface area contributed by atoms with Gasteiger partial charge in [0, 0.05) is 52.1 Å². The van der Waals surface area contributed by atoms with Gasteiger partial charge in [-0.2, -0.15) is 17.4 Å². The van der Waals surface area contributed by atoms with E-state index in [0.29, 0.717) is 32.2 Å². The molecule has 1 aromatic heterocycles. The number of pyridine rings is 1. The summed E-state index contributed by atoms with van der Waals surface area (Å²) in [5.41, 5.74) is 1.06. The van der Waals surface area contributed by atoms with Gasteiger partial charge in [-0.15, -0.1) is 0 Å². The van der Waals surface area contributed by atoms with Crippen LogP contribution in [0.25, 0.3) is 0 Å². The minimum atomic E-state index is -3.58. The van der Waals surface area contributed by atoms with E-state index in [9.17, 15) is 13.2 Å². The van der Waals surface area contributed by atoms with Crippen LogP contribution < -0.4 is 10.0 Å². The lowest BCUT2D eigenvalue weighted by atomic mass is 9.83. The van der Waals surface area contributed by atoms with Gasteiger partial charge in [0.15, 0.2) is 0 Å². The van der Waals surface area contributed by atoms with Crippen LogP contribution in [-0.2, 0) is 26.2 Å². The fourth-order valence-corrected chi connectivity index (χ4v) is 3.95. The molecule has 2 rings (SSSR count). The second kappa shape index (κ2) is 9.40. The van der Waals surface area contributed by atoms with Crippen LogP contribution >= 0.6 is 0 Å². The molecular formula is C17H28N4O4S. The lowest BCUT2D eigenvalue weighted by Crippen LogP contribution is -2.52. The zero-order valence-electron chi connectivity index (χ0n) is 15.5. The predicted octanol–water partition coefficient (Wildman–Crippen LogP) is 0.320. The number of nitrogens with zero attached hydrogens (tertiary/aromatic N) is 2. The van der Waals surface area contributed by atoms with Gasteiger partial charge in [-0.3, -0.25) is 9.78 Å². The predicted molar refractivity (Wildman–Crippen MR) is 98.6 cm³/mol. The van der Waals surface area contributed by atoms with E-state index in [2.05, 4.69) is 15.0 Å². The molecule has 0 bridgehead atoms. The molecule has 0 unspecified atom stereocenters. The fourth-order valence-electron chi connectivity index (χ4n) is 3.10. The smallest absolute Gasteiger partial charge is 0.279 e. The van der Waals surface area contributed by atoms with Crippen molar-refractivity contribution in [2.45, 2.75) is 37.8 Å². The highest BCUT2D eigenvalue weighted by Gasteiger charge is 2.36. The molecule has 1 heterocycles. The third kappa shape index (κ3) is 5.73. The number of carbonyl (C=O) groups is 1. The van der Waals surface area contributed by atoms with Crippen LogP contribution in [0.2, 0.25) is 0 Å². The Morgan fingerprint density at radius 3 is 2.77 bits per heavy atom. The SMILES string of the molecule is CO[C@@H]1CC[C@H](C(=O)NCCc2cccnc2)C[C@H]1NS(=O)(=O)N(C)C. The molecule has 1 amide bonds. The van der Waals surface area contributed by atoms with E-state index in [1.807, 2.05) is 12.1 Å². The first kappa shape index (κ1) is 20.8. The summed E-state index contributed by atoms with van der Waals surface area (Å²) in [5.74, 6) is -0.275. The Hall–Kier alpha value is -1.55. The zero-order valence-corrected chi connectivity index (χ0v) is 16.3. The normalized spacial score (nSPS) is 23.8. The van der Waals surface area contributed by atoms with Crippen LogP contribution in [0.15, 0.2) is 24.5 Å². The number of aromatic nitrogens is 1. The molecule has 146 valence electrons. The quantitative estimate of drug-likeness (QED) is 0.672. The van der Waals surface area contributed by atoms with E-state index in [1.54, 1.807) is 19.5 Å². The summed E-state index contributed by atoms with van der Waals surface area (Å²) in [5, 5.41) is 2.94. The van der Waals surface area contributed by atoms with Gasteiger partial charge in [-0.1, -0.05) is 6.07 Å². The van der Waals surface area contributed by atoms with Gasteiger partial charge in [-0.05, 0) is 37.3 Å². The first-order valence-electron chi connectivity index (χ1n) is 8.72. The van der Waals surface area contributed by atoms with Crippen molar-refractivity contribution < 1.29 is 17.9 Å². The third-order valence-electron chi connectivity index (χ3n) is 4.68. The molecule has 1 fully saturated rings. The number of methoxy groups -OCH3 is 1. The fraction of sp³-hybridized carbons (Fsp3) is 0.647. The monoisotopic (exact) mass is 384 g/mol. The van der Waals surface area contributed by atoms with Crippen molar-refractivity contribution in [3.8, 4) is 0 Å². The van der Waals surface area contributed by atoms with Gasteiger partial charge < -0.3 is 10.1 Å². The summed E-state index contributed by atoms with van der Waals surface area (Å²) in [6.45, 7) is 0.531. The molecule has 1 aliphatic carbocycles. The molecule has 1 aromatic rings. The molecule has 0 spiro atoms. The van der Waals surface area contributed by atoms with Crippen LogP contribution in [-0.4, -0.2) is 63.5 Å². The highest BCUT2D eigenvalue weighted by molar-refractivity contribution is 7.87. The lowest BCUT2D eigenvalue weighted by Gasteiger charge is -2.35. The standard InChI is InChI=1S/C17H28N4O4S/c1-21(2)26(23,24)20-15-11-14(6-7-16(15)25-3)17(22)19-10-8-13-5-4-9-18-12-13/h4-5,9,12,14-16,20H,6-8,10-11H2,1-3H3,(H,19,22)/t14-,15+,16+/m0/s1. The summed E-state index contributed by atoms with van der Waals surface area (Å²) in [7, 11) is 0.923. The number of hydrogen-bond donors (Lipinski definition) is 2. The van der Waals surface area contributed by atoms with Crippen molar-refractivity contribution in [1.82, 2.24) is 19.3 Å². The summed E-state index contributed by atoms with van der Waals surface area (Å²) < 4.78 is 33.4. The van der Waals surface area contributed by atoms with E-state index in [1.165, 1.54) is 14.1 Å². The van der Waals surface area contributed by atoms with Gasteiger partial charge >= 0.3 is 0 Å². The second-order valence-corrected chi connectivity index (χ2v) is 8.61. The minimum absolute atomic E-state index is 0.0440. The molecule has 0 saturated heterocycles. The second-order valence-electron chi connectivity index (χ2n) is 6.70. The van der Waals surface area contributed by atoms with Crippen molar-refractivity contribution in [2.75, 3.05) is 27.7 Å². The maximum atomic E-state index is 12.5. The van der Waals surface area contributed by atoms with Crippen molar-refractivity contribution in [3.05, 3.63) is 30.1 Å². The first-order chi connectivity index (χ1) is 12.3. The van der Waals surface area contributed by atoms with Crippen molar-refractivity contribution in [3.63, 3.8) is 0 Å². The van der Waals surface area contributed by atoms with Gasteiger partial charge in [0.1, 0.15) is 0 Å². The van der Waals surface area contributed by atoms with Crippen LogP contribution in [0, 0.1) is 5.92 Å². The van der Waals surface area contributed by atoms with Crippen molar-refractivity contribution in [1.29, 1.82) is 0 Å². The first-order valence-corrected chi connectivity index (χ1v) is 10.2. The van der Waals surface area contributed by atoms with Crippen LogP contribution in [0.5, 0.6) is 0 Å². The average Bonchev–Trinajstić information content (AvgIpc) is 2.62. The molecule has 0 aliphatic heterocycles. The van der Waals surface area contributed by atoms with Gasteiger partial charge in [0.2, 0.25) is 5.91 Å². The lowest BCUT2D eigenvalue weighted by molar-refractivity contribution is -0.127. The third-order valence-corrected chi connectivity index (χ3v) is 6.24. The summed E-state index contributed by atoms with van der Waals surface area (Å²) in [4.78, 5) is 16.5. The summed E-state index contributed by atoms with van der Waals surface area (Å²) >= 11 is 0. The zero-order chi connectivity index (χ0) is 19.2. The maximum absolute atomic E-state index is 12.5. The van der Waals surface area contributed by atoms with E-state index >= 15 is 0 Å². The molecule has 0 radical (unpaired) electrons. The Morgan fingerprint density at radius 2 is 2.15 bits per heavy atom. The topological polar surface area (TPSA) is 101 Å². The van der Waals surface area contributed by atoms with Crippen molar-refractivity contribution in [2.24, 2.45) is 5.92 Å².